The third-order valence-electron chi connectivity index (χ3n) is 4.02. The molecule has 2 aromatic rings. The minimum absolute atomic E-state index is 0.0711. The van der Waals surface area contributed by atoms with Crippen molar-refractivity contribution in [3.8, 4) is 0 Å². The maximum Gasteiger partial charge on any atom is 0.192 e. The molecule has 0 fully saturated rings. The zero-order chi connectivity index (χ0) is 18.9. The number of anilines is 1. The van der Waals surface area contributed by atoms with Gasteiger partial charge in [-0.25, -0.2) is 19.3 Å². The summed E-state index contributed by atoms with van der Waals surface area (Å²) in [6.07, 6.45) is 2.59. The molecule has 26 heavy (non-hydrogen) atoms. The smallest absolute Gasteiger partial charge is 0.192 e. The van der Waals surface area contributed by atoms with Crippen molar-refractivity contribution in [2.45, 2.75) is 38.8 Å². The van der Waals surface area contributed by atoms with E-state index in [2.05, 4.69) is 20.0 Å². The summed E-state index contributed by atoms with van der Waals surface area (Å²) >= 11 is 0. The highest BCUT2D eigenvalue weighted by atomic mass is 31.2. The highest BCUT2D eigenvalue weighted by molar-refractivity contribution is 7.60. The number of ether oxygens (including phenoxy) is 2. The molecule has 9 nitrogen and oxygen atoms in total. The van der Waals surface area contributed by atoms with Crippen molar-refractivity contribution in [1.82, 2.24) is 24.6 Å². The lowest BCUT2D eigenvalue weighted by Gasteiger charge is -2.21. The van der Waals surface area contributed by atoms with E-state index in [-0.39, 0.29) is 18.2 Å². The van der Waals surface area contributed by atoms with Crippen LogP contribution >= 0.6 is 7.29 Å². The summed E-state index contributed by atoms with van der Waals surface area (Å²) in [5.41, 5.74) is 6.46. The second kappa shape index (κ2) is 7.40. The first-order valence-electron chi connectivity index (χ1n) is 8.22. The number of imidazole rings is 1. The number of hydrogen-bond acceptors (Lipinski definition) is 7. The van der Waals surface area contributed by atoms with Gasteiger partial charge in [0, 0.05) is 18.8 Å². The Morgan fingerprint density at radius 3 is 3.00 bits per heavy atom. The third-order valence-corrected chi connectivity index (χ3v) is 5.65. The largest absolute Gasteiger partial charge is 0.382 e. The van der Waals surface area contributed by atoms with Crippen molar-refractivity contribution < 1.29 is 18.4 Å². The zero-order valence-corrected chi connectivity index (χ0v) is 15.7. The second-order valence-electron chi connectivity index (χ2n) is 6.33. The molecule has 0 saturated carbocycles. The topological polar surface area (TPSA) is 117 Å². The lowest BCUT2D eigenvalue weighted by atomic mass is 10.3. The fourth-order valence-electron chi connectivity index (χ4n) is 2.58. The van der Waals surface area contributed by atoms with E-state index >= 15 is 0 Å². The number of fused-ring (bicyclic) bond motifs is 1. The van der Waals surface area contributed by atoms with Gasteiger partial charge in [0.25, 0.3) is 0 Å². The van der Waals surface area contributed by atoms with Gasteiger partial charge in [0.15, 0.2) is 37.1 Å². The van der Waals surface area contributed by atoms with Crippen molar-refractivity contribution in [3.63, 3.8) is 0 Å². The molecule has 0 bridgehead atoms. The maximum atomic E-state index is 14.4. The maximum absolute atomic E-state index is 14.4. The van der Waals surface area contributed by atoms with Gasteiger partial charge in [-0.15, -0.1) is 0 Å². The zero-order valence-electron chi connectivity index (χ0n) is 14.8. The molecule has 0 aromatic carbocycles. The Morgan fingerprint density at radius 1 is 1.50 bits per heavy atom. The number of nitrogens with zero attached hydrogens (tertiary/aromatic N) is 4. The Labute approximate surface area is 150 Å². The van der Waals surface area contributed by atoms with Gasteiger partial charge in [0.1, 0.15) is 18.2 Å². The number of rotatable bonds is 7. The quantitative estimate of drug-likeness (QED) is 0.699. The van der Waals surface area contributed by atoms with Gasteiger partial charge in [0.2, 0.25) is 0 Å². The monoisotopic (exact) mass is 384 g/mol. The third kappa shape index (κ3) is 3.93. The molecule has 4 atom stereocenters. The molecular weight excluding hydrogens is 362 g/mol. The predicted molar refractivity (Wildman–Crippen MR) is 95.2 cm³/mol. The van der Waals surface area contributed by atoms with E-state index in [9.17, 15) is 8.96 Å². The Morgan fingerprint density at radius 2 is 2.27 bits per heavy atom. The Hall–Kier alpha value is -1.87. The molecular formula is C15H22FN6O3P. The summed E-state index contributed by atoms with van der Waals surface area (Å²) < 4.78 is 39.3. The molecule has 3 rings (SSSR count). The molecule has 2 unspecified atom stereocenters. The molecule has 11 heteroatoms. The van der Waals surface area contributed by atoms with Gasteiger partial charge in [-0.05, 0) is 13.3 Å². The van der Waals surface area contributed by atoms with Crippen LogP contribution in [-0.4, -0.2) is 44.9 Å². The molecule has 0 spiro atoms. The van der Waals surface area contributed by atoms with Crippen molar-refractivity contribution >= 4 is 24.3 Å². The van der Waals surface area contributed by atoms with Crippen LogP contribution in [0.15, 0.2) is 24.6 Å². The first-order valence-corrected chi connectivity index (χ1v) is 10.6. The number of aromatic nitrogens is 4. The van der Waals surface area contributed by atoms with E-state index in [1.165, 1.54) is 23.3 Å². The molecule has 0 radical (unpaired) electrons. The molecule has 0 aliphatic carbocycles. The van der Waals surface area contributed by atoms with Crippen LogP contribution in [0.1, 0.15) is 26.5 Å². The van der Waals surface area contributed by atoms with E-state index in [0.29, 0.717) is 11.2 Å². The van der Waals surface area contributed by atoms with E-state index in [1.54, 1.807) is 6.66 Å². The Balaban J connectivity index is 1.68. The Kier molecular flexibility index (Phi) is 5.38. The minimum Gasteiger partial charge on any atom is -0.382 e. The summed E-state index contributed by atoms with van der Waals surface area (Å²) in [5, 5.41) is 3.02. The van der Waals surface area contributed by atoms with Gasteiger partial charge in [-0.1, -0.05) is 6.92 Å². The number of nitrogens with one attached hydrogen (secondary N) is 1. The highest BCUT2D eigenvalue weighted by Gasteiger charge is 2.32. The van der Waals surface area contributed by atoms with Crippen molar-refractivity contribution in [1.29, 1.82) is 0 Å². The van der Waals surface area contributed by atoms with Crippen LogP contribution in [0.4, 0.5) is 10.2 Å². The second-order valence-corrected chi connectivity index (χ2v) is 9.04. The average molecular weight is 384 g/mol. The van der Waals surface area contributed by atoms with Gasteiger partial charge < -0.3 is 19.8 Å². The van der Waals surface area contributed by atoms with Gasteiger partial charge in [-0.2, -0.15) is 0 Å². The molecule has 1 aliphatic heterocycles. The summed E-state index contributed by atoms with van der Waals surface area (Å²) in [5.74, 6) is -0.348. The molecule has 3 N–H and O–H groups in total. The summed E-state index contributed by atoms with van der Waals surface area (Å²) in [7, 11) is -2.72. The van der Waals surface area contributed by atoms with Gasteiger partial charge in [0.05, 0.1) is 6.33 Å². The van der Waals surface area contributed by atoms with Crippen LogP contribution in [0.2, 0.25) is 0 Å². The van der Waals surface area contributed by atoms with Crippen molar-refractivity contribution in [2.24, 2.45) is 0 Å². The molecule has 142 valence electrons. The minimum atomic E-state index is -2.72. The molecule has 0 amide bonds. The molecule has 1 aliphatic rings. The SMILES string of the molecule is CC[C@H](C)NP(C)(=O)COC1C=C(F)[C@H](n2cnc3c(N)ncnc32)O1. The van der Waals surface area contributed by atoms with E-state index in [1.807, 2.05) is 13.8 Å². The van der Waals surface area contributed by atoms with Crippen molar-refractivity contribution in [2.75, 3.05) is 18.7 Å². The van der Waals surface area contributed by atoms with Crippen LogP contribution in [0.5, 0.6) is 0 Å². The lowest BCUT2D eigenvalue weighted by Crippen LogP contribution is -2.25. The summed E-state index contributed by atoms with van der Waals surface area (Å²) in [6, 6.07) is 0.0985. The normalized spacial score (nSPS) is 23.8. The first kappa shape index (κ1) is 18.9. The van der Waals surface area contributed by atoms with Crippen LogP contribution in [0, 0.1) is 0 Å². The highest BCUT2D eigenvalue weighted by Crippen LogP contribution is 2.39. The molecule has 3 heterocycles. The fraction of sp³-hybridized carbons (Fsp3) is 0.533. The number of nitrogens with two attached hydrogens (primary N) is 1. The van der Waals surface area contributed by atoms with Crippen LogP contribution in [-0.2, 0) is 14.0 Å². The predicted octanol–water partition coefficient (Wildman–Crippen LogP) is 2.39. The van der Waals surface area contributed by atoms with Crippen molar-refractivity contribution in [3.05, 3.63) is 24.6 Å². The van der Waals surface area contributed by atoms with Crippen LogP contribution < -0.4 is 10.8 Å². The van der Waals surface area contributed by atoms with Crippen LogP contribution in [0.3, 0.4) is 0 Å². The van der Waals surface area contributed by atoms with Gasteiger partial charge >= 0.3 is 0 Å². The number of nitrogen functional groups attached to an aromatic ring is 1. The molecule has 2 aromatic heterocycles. The molecule has 0 saturated heterocycles. The number of hydrogen-bond donors (Lipinski definition) is 2. The lowest BCUT2D eigenvalue weighted by molar-refractivity contribution is -0.128. The standard InChI is InChI=1S/C15H22FN6O3P/c1-4-9(2)21-26(3,23)8-24-11-5-10(16)15(25-11)22-7-20-12-13(17)18-6-19-14(12)22/h5-7,9,11,15H,4,8H2,1-3H3,(H,21,23)(H2,17,18,19)/t9-,11?,15+,26?/m0/s1. The van der Waals surface area contributed by atoms with E-state index < -0.39 is 25.6 Å². The fourth-order valence-corrected chi connectivity index (χ4v) is 4.20. The van der Waals surface area contributed by atoms with Gasteiger partial charge in [-0.3, -0.25) is 9.65 Å². The van der Waals surface area contributed by atoms with E-state index in [4.69, 9.17) is 15.2 Å². The Bertz CT molecular complexity index is 872. The first-order chi connectivity index (χ1) is 12.3. The summed E-state index contributed by atoms with van der Waals surface area (Å²) in [6.45, 7) is 5.53. The summed E-state index contributed by atoms with van der Waals surface area (Å²) in [4.78, 5) is 12.0. The number of halogens is 1. The van der Waals surface area contributed by atoms with Crippen LogP contribution in [0.25, 0.3) is 11.2 Å². The van der Waals surface area contributed by atoms with E-state index in [0.717, 1.165) is 6.42 Å². The average Bonchev–Trinajstić information content (AvgIpc) is 3.16.